The molecule has 0 aliphatic carbocycles. The first-order valence-corrected chi connectivity index (χ1v) is 8.79. The maximum atomic E-state index is 13.8. The van der Waals surface area contributed by atoms with Crippen molar-refractivity contribution < 1.29 is 17.9 Å². The number of benzene rings is 2. The van der Waals surface area contributed by atoms with Crippen molar-refractivity contribution in [2.45, 2.75) is 18.7 Å². The van der Waals surface area contributed by atoms with Crippen molar-refractivity contribution in [3.63, 3.8) is 0 Å². The van der Waals surface area contributed by atoms with Crippen LogP contribution < -0.4 is 4.74 Å². The van der Waals surface area contributed by atoms with E-state index in [1.807, 2.05) is 12.1 Å². The molecule has 2 aromatic carbocycles. The fraction of sp³-hybridized carbons (Fsp3) is 0.150. The van der Waals surface area contributed by atoms with Gasteiger partial charge in [0.25, 0.3) is 0 Å². The summed E-state index contributed by atoms with van der Waals surface area (Å²) in [5, 5.41) is 7.01. The Morgan fingerprint density at radius 1 is 1.07 bits per heavy atom. The van der Waals surface area contributed by atoms with E-state index in [2.05, 4.69) is 5.10 Å². The highest BCUT2D eigenvalue weighted by atomic mass is 35.5. The van der Waals surface area contributed by atoms with Crippen LogP contribution in [-0.2, 0) is 0 Å². The number of ether oxygens (including phenoxy) is 1. The van der Waals surface area contributed by atoms with Crippen LogP contribution >= 0.6 is 11.6 Å². The molecular weight excluding hydrogens is 374 g/mol. The zero-order valence-electron chi connectivity index (χ0n) is 13.9. The molecule has 3 heterocycles. The van der Waals surface area contributed by atoms with Crippen LogP contribution in [0, 0.1) is 11.6 Å². The van der Waals surface area contributed by atoms with Gasteiger partial charge in [0, 0.05) is 22.6 Å². The van der Waals surface area contributed by atoms with Crippen LogP contribution in [0.15, 0.2) is 64.3 Å². The van der Waals surface area contributed by atoms with Gasteiger partial charge in [0.1, 0.15) is 17.2 Å². The molecule has 3 aromatic rings. The van der Waals surface area contributed by atoms with Gasteiger partial charge in [0.15, 0.2) is 11.6 Å². The lowest BCUT2D eigenvalue weighted by molar-refractivity contribution is -0.0192. The highest BCUT2D eigenvalue weighted by Crippen LogP contribution is 2.48. The smallest absolute Gasteiger partial charge is 0.213 e. The number of fused-ring (bicyclic) bond motifs is 3. The number of hydrazone groups is 1. The Labute approximate surface area is 158 Å². The highest BCUT2D eigenvalue weighted by Gasteiger charge is 2.41. The van der Waals surface area contributed by atoms with E-state index in [4.69, 9.17) is 20.8 Å². The summed E-state index contributed by atoms with van der Waals surface area (Å²) in [7, 11) is 0. The molecule has 136 valence electrons. The molecule has 5 rings (SSSR count). The molecule has 0 bridgehead atoms. The van der Waals surface area contributed by atoms with E-state index in [1.165, 1.54) is 6.07 Å². The van der Waals surface area contributed by atoms with Crippen LogP contribution in [0.4, 0.5) is 8.78 Å². The summed E-state index contributed by atoms with van der Waals surface area (Å²) < 4.78 is 38.8. The minimum Gasteiger partial charge on any atom is -0.464 e. The van der Waals surface area contributed by atoms with E-state index in [0.717, 1.165) is 23.4 Å². The van der Waals surface area contributed by atoms with Gasteiger partial charge in [-0.15, -0.1) is 0 Å². The molecule has 0 N–H and O–H groups in total. The largest absolute Gasteiger partial charge is 0.464 e. The predicted octanol–water partition coefficient (Wildman–Crippen LogP) is 5.45. The molecule has 1 aromatic heterocycles. The Kier molecular flexibility index (Phi) is 3.68. The number of halogens is 3. The summed E-state index contributed by atoms with van der Waals surface area (Å²) in [5.74, 6) is -0.522. The van der Waals surface area contributed by atoms with E-state index >= 15 is 0 Å². The van der Waals surface area contributed by atoms with Crippen molar-refractivity contribution in [3.05, 3.63) is 88.3 Å². The SMILES string of the molecule is Fc1ccc(C2Oc3ccc(Cl)cc3C3CC(c4ccco4)=NN32)cc1F. The van der Waals surface area contributed by atoms with E-state index in [9.17, 15) is 8.78 Å². The lowest BCUT2D eigenvalue weighted by atomic mass is 9.97. The molecule has 0 amide bonds. The van der Waals surface area contributed by atoms with Crippen molar-refractivity contribution in [2.75, 3.05) is 0 Å². The number of furan rings is 1. The van der Waals surface area contributed by atoms with Crippen LogP contribution in [0.3, 0.4) is 0 Å². The summed E-state index contributed by atoms with van der Waals surface area (Å²) in [5.41, 5.74) is 2.13. The van der Waals surface area contributed by atoms with Crippen molar-refractivity contribution in [3.8, 4) is 5.75 Å². The second-order valence-corrected chi connectivity index (χ2v) is 6.89. The second kappa shape index (κ2) is 6.09. The first-order valence-electron chi connectivity index (χ1n) is 8.41. The van der Waals surface area contributed by atoms with Crippen LogP contribution in [0.25, 0.3) is 0 Å². The minimum atomic E-state index is -0.927. The zero-order valence-corrected chi connectivity index (χ0v) is 14.7. The number of hydrogen-bond donors (Lipinski definition) is 0. The van der Waals surface area contributed by atoms with Gasteiger partial charge < -0.3 is 9.15 Å². The summed E-state index contributed by atoms with van der Waals surface area (Å²) in [6.07, 6.45) is 1.49. The molecular formula is C20H13ClF2N2O2. The third kappa shape index (κ3) is 2.68. The van der Waals surface area contributed by atoms with Gasteiger partial charge >= 0.3 is 0 Å². The van der Waals surface area contributed by atoms with E-state index in [0.29, 0.717) is 28.5 Å². The molecule has 0 saturated carbocycles. The molecule has 2 aliphatic rings. The standard InChI is InChI=1S/C20H13ClF2N2O2/c21-12-4-6-18-13(9-12)17-10-16(19-2-1-7-26-19)24-25(17)20(27-18)11-3-5-14(22)15(23)8-11/h1-9,17,20H,10H2. The summed E-state index contributed by atoms with van der Waals surface area (Å²) in [6, 6.07) is 12.6. The number of hydrogen-bond acceptors (Lipinski definition) is 4. The zero-order chi connectivity index (χ0) is 18.5. The normalized spacial score (nSPS) is 20.7. The Hall–Kier alpha value is -2.86. The third-order valence-electron chi connectivity index (χ3n) is 4.79. The average molecular weight is 387 g/mol. The summed E-state index contributed by atoms with van der Waals surface area (Å²) >= 11 is 6.17. The van der Waals surface area contributed by atoms with Gasteiger partial charge in [-0.2, -0.15) is 5.10 Å². The number of rotatable bonds is 2. The van der Waals surface area contributed by atoms with E-state index in [-0.39, 0.29) is 6.04 Å². The average Bonchev–Trinajstić information content (AvgIpc) is 3.33. The molecule has 2 atom stereocenters. The molecule has 0 saturated heterocycles. The van der Waals surface area contributed by atoms with Gasteiger partial charge in [-0.05, 0) is 42.5 Å². The maximum absolute atomic E-state index is 13.8. The van der Waals surface area contributed by atoms with Crippen LogP contribution in [-0.4, -0.2) is 10.7 Å². The topological polar surface area (TPSA) is 38.0 Å². The summed E-state index contributed by atoms with van der Waals surface area (Å²) in [6.45, 7) is 0. The molecule has 2 aliphatic heterocycles. The highest BCUT2D eigenvalue weighted by molar-refractivity contribution is 6.30. The molecule has 0 radical (unpaired) electrons. The van der Waals surface area contributed by atoms with Gasteiger partial charge in [-0.1, -0.05) is 17.7 Å². The minimum absolute atomic E-state index is 0.148. The van der Waals surface area contributed by atoms with E-state index < -0.39 is 17.9 Å². The lowest BCUT2D eigenvalue weighted by Gasteiger charge is -2.38. The Balaban J connectivity index is 1.62. The quantitative estimate of drug-likeness (QED) is 0.587. The van der Waals surface area contributed by atoms with Gasteiger partial charge in [-0.25, -0.2) is 13.8 Å². The van der Waals surface area contributed by atoms with Crippen molar-refractivity contribution in [1.82, 2.24) is 5.01 Å². The second-order valence-electron chi connectivity index (χ2n) is 6.45. The molecule has 4 nitrogen and oxygen atoms in total. The fourth-order valence-electron chi connectivity index (χ4n) is 3.54. The lowest BCUT2D eigenvalue weighted by Crippen LogP contribution is -2.33. The first-order chi connectivity index (χ1) is 13.1. The van der Waals surface area contributed by atoms with Gasteiger partial charge in [0.2, 0.25) is 6.23 Å². The van der Waals surface area contributed by atoms with E-state index in [1.54, 1.807) is 29.5 Å². The van der Waals surface area contributed by atoms with Crippen LogP contribution in [0.2, 0.25) is 5.02 Å². The Morgan fingerprint density at radius 2 is 1.96 bits per heavy atom. The number of nitrogens with zero attached hydrogens (tertiary/aromatic N) is 2. The van der Waals surface area contributed by atoms with Gasteiger partial charge in [-0.3, -0.25) is 0 Å². The predicted molar refractivity (Wildman–Crippen MR) is 95.6 cm³/mol. The van der Waals surface area contributed by atoms with Crippen LogP contribution in [0.5, 0.6) is 5.75 Å². The molecule has 7 heteroatoms. The van der Waals surface area contributed by atoms with Crippen molar-refractivity contribution >= 4 is 17.3 Å². The fourth-order valence-corrected chi connectivity index (χ4v) is 3.72. The third-order valence-corrected chi connectivity index (χ3v) is 5.02. The molecule has 0 spiro atoms. The molecule has 2 unspecified atom stereocenters. The van der Waals surface area contributed by atoms with Crippen molar-refractivity contribution in [2.24, 2.45) is 5.10 Å². The Morgan fingerprint density at radius 3 is 2.74 bits per heavy atom. The first kappa shape index (κ1) is 16.3. The van der Waals surface area contributed by atoms with Crippen LogP contribution in [0.1, 0.15) is 35.6 Å². The molecule has 27 heavy (non-hydrogen) atoms. The molecule has 0 fully saturated rings. The monoisotopic (exact) mass is 386 g/mol. The maximum Gasteiger partial charge on any atom is 0.213 e. The Bertz CT molecular complexity index is 1050. The van der Waals surface area contributed by atoms with Gasteiger partial charge in [0.05, 0.1) is 12.3 Å². The summed E-state index contributed by atoms with van der Waals surface area (Å²) in [4.78, 5) is 0. The van der Waals surface area contributed by atoms with Crippen molar-refractivity contribution in [1.29, 1.82) is 0 Å².